The molecule has 0 aliphatic heterocycles. The Bertz CT molecular complexity index is 1320. The summed E-state index contributed by atoms with van der Waals surface area (Å²) in [6.07, 6.45) is 3.95. The molecule has 200 valence electrons. The molecule has 0 unspecified atom stereocenters. The highest BCUT2D eigenvalue weighted by Gasteiger charge is 2.24. The van der Waals surface area contributed by atoms with Crippen molar-refractivity contribution < 1.29 is 28.5 Å². The normalized spacial score (nSPS) is 12.0. The highest BCUT2D eigenvalue weighted by molar-refractivity contribution is 6.02. The van der Waals surface area contributed by atoms with Gasteiger partial charge in [-0.3, -0.25) is 9.59 Å². The molecule has 3 aromatic rings. The number of hydrogen-bond acceptors (Lipinski definition) is 6. The summed E-state index contributed by atoms with van der Waals surface area (Å²) in [6, 6.07) is 15.8. The molecule has 0 saturated carbocycles. The maximum atomic E-state index is 12.4. The summed E-state index contributed by atoms with van der Waals surface area (Å²) in [5.74, 6) is 2.34. The number of esters is 1. The smallest absolute Gasteiger partial charge is 0.315 e. The summed E-state index contributed by atoms with van der Waals surface area (Å²) in [5.41, 5.74) is 6.01. The SMILES string of the molecule is CCOC(=O)CC(=O)Nc1cc(C)c(Oc2ccc(OC)c(CCc3ccccc3OC)c2)c2c1CCC2. The number of amides is 1. The first-order chi connectivity index (χ1) is 18.4. The van der Waals surface area contributed by atoms with E-state index in [2.05, 4.69) is 11.4 Å². The van der Waals surface area contributed by atoms with E-state index in [0.29, 0.717) is 0 Å². The van der Waals surface area contributed by atoms with Crippen molar-refractivity contribution in [2.75, 3.05) is 26.1 Å². The molecule has 1 amide bonds. The molecular weight excluding hydrogens is 482 g/mol. The zero-order valence-electron chi connectivity index (χ0n) is 22.5. The molecule has 0 saturated heterocycles. The van der Waals surface area contributed by atoms with Crippen molar-refractivity contribution in [3.05, 3.63) is 76.3 Å². The minimum absolute atomic E-state index is 0.250. The molecule has 7 nitrogen and oxygen atoms in total. The Labute approximate surface area is 224 Å². The molecule has 4 rings (SSSR count). The van der Waals surface area contributed by atoms with Gasteiger partial charge in [0.05, 0.1) is 20.8 Å². The number of methoxy groups -OCH3 is 2. The van der Waals surface area contributed by atoms with Crippen molar-refractivity contribution in [2.45, 2.75) is 52.4 Å². The summed E-state index contributed by atoms with van der Waals surface area (Å²) in [4.78, 5) is 24.1. The number of aryl methyl sites for hydroxylation is 3. The van der Waals surface area contributed by atoms with Crippen LogP contribution in [0.2, 0.25) is 0 Å². The average molecular weight is 518 g/mol. The zero-order valence-corrected chi connectivity index (χ0v) is 22.5. The number of rotatable bonds is 11. The van der Waals surface area contributed by atoms with Gasteiger partial charge in [-0.2, -0.15) is 0 Å². The third kappa shape index (κ3) is 6.28. The molecule has 1 aliphatic carbocycles. The van der Waals surface area contributed by atoms with E-state index in [1.54, 1.807) is 21.1 Å². The van der Waals surface area contributed by atoms with Crippen LogP contribution in [0.15, 0.2) is 48.5 Å². The Morgan fingerprint density at radius 2 is 1.61 bits per heavy atom. The van der Waals surface area contributed by atoms with Gasteiger partial charge in [-0.25, -0.2) is 0 Å². The van der Waals surface area contributed by atoms with Crippen LogP contribution >= 0.6 is 0 Å². The third-order valence-corrected chi connectivity index (χ3v) is 6.75. The molecule has 0 heterocycles. The Kier molecular flexibility index (Phi) is 8.89. The van der Waals surface area contributed by atoms with Crippen LogP contribution in [0.25, 0.3) is 0 Å². The molecular formula is C31H35NO6. The summed E-state index contributed by atoms with van der Waals surface area (Å²) < 4.78 is 22.5. The number of anilines is 1. The highest BCUT2D eigenvalue weighted by Crippen LogP contribution is 2.41. The van der Waals surface area contributed by atoms with Crippen molar-refractivity contribution in [3.8, 4) is 23.0 Å². The number of benzene rings is 3. The number of fused-ring (bicyclic) bond motifs is 1. The number of carbonyl (C=O) groups is 2. The predicted octanol–water partition coefficient (Wildman–Crippen LogP) is 5.97. The van der Waals surface area contributed by atoms with Gasteiger partial charge < -0.3 is 24.3 Å². The van der Waals surface area contributed by atoms with E-state index in [4.69, 9.17) is 18.9 Å². The molecule has 38 heavy (non-hydrogen) atoms. The van der Waals surface area contributed by atoms with Crippen LogP contribution < -0.4 is 19.5 Å². The molecule has 0 radical (unpaired) electrons. The summed E-state index contributed by atoms with van der Waals surface area (Å²) in [5, 5.41) is 2.91. The fourth-order valence-corrected chi connectivity index (χ4v) is 5.00. The molecule has 0 spiro atoms. The van der Waals surface area contributed by atoms with Gasteiger partial charge in [0.1, 0.15) is 29.4 Å². The van der Waals surface area contributed by atoms with E-state index in [0.717, 1.165) is 88.6 Å². The van der Waals surface area contributed by atoms with Crippen molar-refractivity contribution in [1.29, 1.82) is 0 Å². The monoisotopic (exact) mass is 517 g/mol. The quantitative estimate of drug-likeness (QED) is 0.249. The van der Waals surface area contributed by atoms with Crippen LogP contribution in [0.5, 0.6) is 23.0 Å². The first kappa shape index (κ1) is 27.0. The molecule has 0 bridgehead atoms. The predicted molar refractivity (Wildman–Crippen MR) is 147 cm³/mol. The number of ether oxygens (including phenoxy) is 4. The first-order valence-electron chi connectivity index (χ1n) is 13.0. The van der Waals surface area contributed by atoms with Crippen molar-refractivity contribution in [3.63, 3.8) is 0 Å². The maximum Gasteiger partial charge on any atom is 0.315 e. The topological polar surface area (TPSA) is 83.1 Å². The summed E-state index contributed by atoms with van der Waals surface area (Å²) in [6.45, 7) is 3.94. The summed E-state index contributed by atoms with van der Waals surface area (Å²) in [7, 11) is 3.36. The lowest BCUT2D eigenvalue weighted by Crippen LogP contribution is -2.19. The fraction of sp³-hybridized carbons (Fsp3) is 0.355. The number of nitrogens with one attached hydrogen (secondary N) is 1. The van der Waals surface area contributed by atoms with Gasteiger partial charge in [0, 0.05) is 11.3 Å². The lowest BCUT2D eigenvalue weighted by atomic mass is 10.0. The van der Waals surface area contributed by atoms with Gasteiger partial charge in [-0.05, 0) is 98.5 Å². The van der Waals surface area contributed by atoms with E-state index >= 15 is 0 Å². The largest absolute Gasteiger partial charge is 0.496 e. The minimum Gasteiger partial charge on any atom is -0.496 e. The van der Waals surface area contributed by atoms with Gasteiger partial charge in [0.25, 0.3) is 0 Å². The third-order valence-electron chi connectivity index (χ3n) is 6.75. The second-order valence-corrected chi connectivity index (χ2v) is 9.30. The fourth-order valence-electron chi connectivity index (χ4n) is 5.00. The average Bonchev–Trinajstić information content (AvgIpc) is 3.40. The van der Waals surface area contributed by atoms with Crippen molar-refractivity contribution >= 4 is 17.6 Å². The minimum atomic E-state index is -0.528. The Morgan fingerprint density at radius 1 is 0.895 bits per heavy atom. The molecule has 0 aromatic heterocycles. The molecule has 3 aromatic carbocycles. The van der Waals surface area contributed by atoms with Gasteiger partial charge in [-0.15, -0.1) is 0 Å². The van der Waals surface area contributed by atoms with Crippen LogP contribution in [0.4, 0.5) is 5.69 Å². The Hall–Kier alpha value is -4.00. The standard InChI is InChI=1S/C31H35NO6/c1-5-37-30(34)19-29(33)32-26-17-20(2)31(25-11-8-10-24(25)26)38-23-15-16-28(36-4)22(18-23)14-13-21-9-6-7-12-27(21)35-3/h6-7,9,12,15-18H,5,8,10-11,13-14,19H2,1-4H3,(H,32,33). The Balaban J connectivity index is 1.55. The number of hydrogen-bond donors (Lipinski definition) is 1. The lowest BCUT2D eigenvalue weighted by Gasteiger charge is -2.18. The van der Waals surface area contributed by atoms with E-state index in [1.165, 1.54) is 0 Å². The molecule has 1 N–H and O–H groups in total. The Morgan fingerprint density at radius 3 is 2.37 bits per heavy atom. The van der Waals surface area contributed by atoms with Crippen LogP contribution in [0.3, 0.4) is 0 Å². The number of carbonyl (C=O) groups excluding carboxylic acids is 2. The van der Waals surface area contributed by atoms with E-state index in [-0.39, 0.29) is 18.9 Å². The van der Waals surface area contributed by atoms with Gasteiger partial charge in [0.15, 0.2) is 0 Å². The van der Waals surface area contributed by atoms with Crippen molar-refractivity contribution in [1.82, 2.24) is 0 Å². The van der Waals surface area contributed by atoms with Crippen LogP contribution in [-0.2, 0) is 40.0 Å². The van der Waals surface area contributed by atoms with Crippen LogP contribution in [0.1, 0.15) is 47.6 Å². The van der Waals surface area contributed by atoms with Gasteiger partial charge >= 0.3 is 5.97 Å². The van der Waals surface area contributed by atoms with Gasteiger partial charge in [-0.1, -0.05) is 18.2 Å². The number of para-hydroxylation sites is 1. The summed E-state index contributed by atoms with van der Waals surface area (Å²) >= 11 is 0. The molecule has 7 heteroatoms. The maximum absolute atomic E-state index is 12.4. The second kappa shape index (κ2) is 12.5. The zero-order chi connectivity index (χ0) is 27.1. The lowest BCUT2D eigenvalue weighted by molar-refractivity contribution is -0.145. The van der Waals surface area contributed by atoms with E-state index in [9.17, 15) is 9.59 Å². The van der Waals surface area contributed by atoms with Crippen LogP contribution in [-0.4, -0.2) is 32.7 Å². The molecule has 1 aliphatic rings. The van der Waals surface area contributed by atoms with Gasteiger partial charge in [0.2, 0.25) is 5.91 Å². The van der Waals surface area contributed by atoms with E-state index < -0.39 is 5.97 Å². The first-order valence-corrected chi connectivity index (χ1v) is 13.0. The highest BCUT2D eigenvalue weighted by atomic mass is 16.5. The molecule has 0 atom stereocenters. The van der Waals surface area contributed by atoms with Crippen LogP contribution in [0, 0.1) is 6.92 Å². The second-order valence-electron chi connectivity index (χ2n) is 9.30. The molecule has 0 fully saturated rings. The van der Waals surface area contributed by atoms with Crippen molar-refractivity contribution in [2.24, 2.45) is 0 Å². The van der Waals surface area contributed by atoms with E-state index in [1.807, 2.05) is 49.4 Å².